The summed E-state index contributed by atoms with van der Waals surface area (Å²) in [5, 5.41) is 9.56. The van der Waals surface area contributed by atoms with Crippen LogP contribution in [0.4, 0.5) is 17.1 Å². The molecule has 12 rings (SSSR count). The molecular weight excluding hydrogens is 779 g/mol. The summed E-state index contributed by atoms with van der Waals surface area (Å²) < 4.78 is 0. The van der Waals surface area contributed by atoms with E-state index in [1.807, 2.05) is 72.8 Å². The average Bonchev–Trinajstić information content (AvgIpc) is 3.67. The van der Waals surface area contributed by atoms with Gasteiger partial charge < -0.3 is 4.90 Å². The van der Waals surface area contributed by atoms with E-state index in [-0.39, 0.29) is 0 Å². The van der Waals surface area contributed by atoms with E-state index < -0.39 is 5.41 Å². The van der Waals surface area contributed by atoms with Crippen LogP contribution in [-0.4, -0.2) is 15.0 Å². The second-order valence-corrected chi connectivity index (χ2v) is 16.3. The fraction of sp³-hybridized carbons (Fsp3) is 0.0169. The summed E-state index contributed by atoms with van der Waals surface area (Å²) in [6.07, 6.45) is 0. The lowest BCUT2D eigenvalue weighted by Gasteiger charge is -2.45. The Morgan fingerprint density at radius 3 is 1.50 bits per heavy atom. The summed E-state index contributed by atoms with van der Waals surface area (Å²) in [6.45, 7) is 0. The number of nitrogens with zero attached hydrogens (tertiary/aromatic N) is 5. The van der Waals surface area contributed by atoms with Crippen molar-refractivity contribution in [3.63, 3.8) is 0 Å². The number of fused-ring (bicyclic) bond motifs is 9. The summed E-state index contributed by atoms with van der Waals surface area (Å²) in [5.41, 5.74) is 18.0. The number of rotatable bonds is 6. The Morgan fingerprint density at radius 2 is 0.812 bits per heavy atom. The number of hydrogen-bond donors (Lipinski definition) is 0. The van der Waals surface area contributed by atoms with E-state index in [1.165, 1.54) is 39.1 Å². The monoisotopic (exact) mass is 815 g/mol. The highest BCUT2D eigenvalue weighted by Crippen LogP contribution is 2.63. The molecule has 1 aliphatic heterocycles. The minimum absolute atomic E-state index is 0.536. The quantitative estimate of drug-likeness (QED) is 0.167. The van der Waals surface area contributed by atoms with Crippen molar-refractivity contribution in [1.82, 2.24) is 15.0 Å². The van der Waals surface area contributed by atoms with Gasteiger partial charge >= 0.3 is 0 Å². The van der Waals surface area contributed by atoms with Gasteiger partial charge in [-0.1, -0.05) is 176 Å². The Balaban J connectivity index is 0.998. The molecule has 0 radical (unpaired) electrons. The van der Waals surface area contributed by atoms with Crippen molar-refractivity contribution in [1.29, 1.82) is 5.26 Å². The maximum absolute atomic E-state index is 9.56. The molecule has 1 aromatic heterocycles. The summed E-state index contributed by atoms with van der Waals surface area (Å²) >= 11 is 0. The molecule has 64 heavy (non-hydrogen) atoms. The van der Waals surface area contributed by atoms with E-state index in [9.17, 15) is 5.26 Å². The molecule has 0 bridgehead atoms. The summed E-state index contributed by atoms with van der Waals surface area (Å²) in [5.74, 6) is 1.76. The lowest BCUT2D eigenvalue weighted by atomic mass is 9.64. The lowest BCUT2D eigenvalue weighted by Crippen LogP contribution is -2.36. The third-order valence-corrected chi connectivity index (χ3v) is 12.7. The molecule has 0 fully saturated rings. The molecule has 298 valence electrons. The summed E-state index contributed by atoms with van der Waals surface area (Å²) in [6, 6.07) is 81.2. The maximum atomic E-state index is 9.56. The van der Waals surface area contributed by atoms with E-state index in [0.717, 1.165) is 50.3 Å². The minimum atomic E-state index is -0.536. The molecule has 0 saturated heterocycles. The number of hydrogen-bond acceptors (Lipinski definition) is 5. The van der Waals surface area contributed by atoms with E-state index in [1.54, 1.807) is 0 Å². The fourth-order valence-electron chi connectivity index (χ4n) is 9.91. The molecule has 0 atom stereocenters. The smallest absolute Gasteiger partial charge is 0.164 e. The molecule has 2 heterocycles. The zero-order valence-electron chi connectivity index (χ0n) is 34.6. The molecular formula is C59H37N5. The molecule has 5 nitrogen and oxygen atoms in total. The Labute approximate surface area is 371 Å². The van der Waals surface area contributed by atoms with Gasteiger partial charge in [-0.05, 0) is 104 Å². The Kier molecular flexibility index (Phi) is 8.70. The minimum Gasteiger partial charge on any atom is -0.310 e. The molecule has 0 amide bonds. The zero-order valence-corrected chi connectivity index (χ0v) is 34.6. The number of anilines is 3. The van der Waals surface area contributed by atoms with Gasteiger partial charge in [-0.25, -0.2) is 15.0 Å². The van der Waals surface area contributed by atoms with Crippen LogP contribution in [0.5, 0.6) is 0 Å². The van der Waals surface area contributed by atoms with Gasteiger partial charge in [0.2, 0.25) is 0 Å². The van der Waals surface area contributed by atoms with Crippen molar-refractivity contribution in [3.8, 4) is 73.6 Å². The van der Waals surface area contributed by atoms with Crippen LogP contribution >= 0.6 is 0 Å². The molecule has 0 saturated carbocycles. The van der Waals surface area contributed by atoms with Crippen molar-refractivity contribution >= 4 is 17.1 Å². The third-order valence-electron chi connectivity index (χ3n) is 12.7. The first-order chi connectivity index (χ1) is 31.7. The van der Waals surface area contributed by atoms with E-state index >= 15 is 0 Å². The summed E-state index contributed by atoms with van der Waals surface area (Å²) in [7, 11) is 0. The van der Waals surface area contributed by atoms with Crippen molar-refractivity contribution in [2.45, 2.75) is 5.41 Å². The molecule has 1 aliphatic carbocycles. The number of benzene rings is 9. The molecule has 5 heteroatoms. The Hall–Kier alpha value is -8.72. The lowest BCUT2D eigenvalue weighted by molar-refractivity contribution is 0.753. The van der Waals surface area contributed by atoms with E-state index in [2.05, 4.69) is 163 Å². The number of aromatic nitrogens is 3. The van der Waals surface area contributed by atoms with Crippen LogP contribution in [0.3, 0.4) is 0 Å². The van der Waals surface area contributed by atoms with Crippen molar-refractivity contribution in [2.75, 3.05) is 4.90 Å². The largest absolute Gasteiger partial charge is 0.310 e. The maximum Gasteiger partial charge on any atom is 0.164 e. The number of para-hydroxylation sites is 2. The van der Waals surface area contributed by atoms with Crippen LogP contribution in [0, 0.1) is 11.3 Å². The second kappa shape index (κ2) is 15.0. The standard InChI is InChI=1S/C59H37N5/c60-38-39-15-13-18-43(35-39)44-19-14-20-46(36-44)58-62-56(41-16-3-1-4-17-41)61-57(63-58)42-31-29-40(30-32-42)45-33-34-55-53(37-45)59(50-25-9-7-23-48(50)49-24-8-10-26-51(49)59)52-27-11-12-28-54(52)64(55)47-21-5-2-6-22-47/h1-37H. The number of nitriles is 1. The van der Waals surface area contributed by atoms with Gasteiger partial charge in [0, 0.05) is 22.4 Å². The predicted octanol–water partition coefficient (Wildman–Crippen LogP) is 14.2. The summed E-state index contributed by atoms with van der Waals surface area (Å²) in [4.78, 5) is 17.6. The predicted molar refractivity (Wildman–Crippen MR) is 257 cm³/mol. The van der Waals surface area contributed by atoms with Gasteiger partial charge in [-0.15, -0.1) is 0 Å². The first-order valence-electron chi connectivity index (χ1n) is 21.5. The molecule has 0 unspecified atom stereocenters. The molecule has 1 spiro atoms. The normalized spacial score (nSPS) is 12.8. The second-order valence-electron chi connectivity index (χ2n) is 16.3. The highest BCUT2D eigenvalue weighted by Gasteiger charge is 2.51. The van der Waals surface area contributed by atoms with Crippen LogP contribution in [0.2, 0.25) is 0 Å². The zero-order chi connectivity index (χ0) is 42.6. The average molecular weight is 816 g/mol. The highest BCUT2D eigenvalue weighted by atomic mass is 15.2. The van der Waals surface area contributed by atoms with Crippen molar-refractivity contribution in [2.24, 2.45) is 0 Å². The van der Waals surface area contributed by atoms with Crippen LogP contribution in [0.1, 0.15) is 27.8 Å². The van der Waals surface area contributed by atoms with Gasteiger partial charge in [0.05, 0.1) is 28.4 Å². The van der Waals surface area contributed by atoms with E-state index in [0.29, 0.717) is 23.0 Å². The highest BCUT2D eigenvalue weighted by molar-refractivity contribution is 5.96. The van der Waals surface area contributed by atoms with Crippen LogP contribution in [0.25, 0.3) is 67.5 Å². The van der Waals surface area contributed by atoms with Gasteiger partial charge in [-0.3, -0.25) is 0 Å². The molecule has 2 aliphatic rings. The van der Waals surface area contributed by atoms with Gasteiger partial charge in [0.1, 0.15) is 0 Å². The first-order valence-corrected chi connectivity index (χ1v) is 21.5. The van der Waals surface area contributed by atoms with Gasteiger partial charge in [0.15, 0.2) is 17.5 Å². The first kappa shape index (κ1) is 37.1. The molecule has 0 N–H and O–H groups in total. The van der Waals surface area contributed by atoms with Crippen LogP contribution in [0.15, 0.2) is 224 Å². The Morgan fingerprint density at radius 1 is 0.344 bits per heavy atom. The fourth-order valence-corrected chi connectivity index (χ4v) is 9.91. The molecule has 9 aromatic carbocycles. The van der Waals surface area contributed by atoms with Gasteiger partial charge in [0.25, 0.3) is 0 Å². The SMILES string of the molecule is N#Cc1cccc(-c2cccc(-c3nc(-c4ccccc4)nc(-c4ccc(-c5ccc6c(c5)C5(c7ccccc7-c7ccccc75)c5ccccc5N6c5ccccc5)cc4)n3)c2)c1. The third kappa shape index (κ3) is 5.89. The van der Waals surface area contributed by atoms with E-state index in [4.69, 9.17) is 15.0 Å². The van der Waals surface area contributed by atoms with Crippen molar-refractivity contribution < 1.29 is 0 Å². The molecule has 10 aromatic rings. The van der Waals surface area contributed by atoms with Crippen LogP contribution < -0.4 is 4.90 Å². The topological polar surface area (TPSA) is 65.7 Å². The van der Waals surface area contributed by atoms with Crippen LogP contribution in [-0.2, 0) is 5.41 Å². The van der Waals surface area contributed by atoms with Crippen molar-refractivity contribution in [3.05, 3.63) is 252 Å². The van der Waals surface area contributed by atoms with Gasteiger partial charge in [-0.2, -0.15) is 5.26 Å². The Bertz CT molecular complexity index is 3420.